The van der Waals surface area contributed by atoms with Crippen LogP contribution >= 0.6 is 0 Å². The monoisotopic (exact) mass is 880 g/mol. The van der Waals surface area contributed by atoms with Crippen molar-refractivity contribution >= 4 is 11.0 Å². The van der Waals surface area contributed by atoms with Crippen LogP contribution in [0, 0.1) is 11.8 Å². The van der Waals surface area contributed by atoms with Gasteiger partial charge in [-0.3, -0.25) is 4.79 Å². The van der Waals surface area contributed by atoms with Crippen molar-refractivity contribution in [3.05, 3.63) is 87.2 Å². The average Bonchev–Trinajstić information content (AvgIpc) is 3.22. The van der Waals surface area contributed by atoms with Crippen LogP contribution in [0.5, 0.6) is 28.7 Å². The third-order valence-corrected chi connectivity index (χ3v) is 12.1. The Labute approximate surface area is 364 Å². The Hall–Kier alpha value is -4.75. The minimum absolute atomic E-state index is 0.0357. The van der Waals surface area contributed by atoms with Crippen LogP contribution in [0.25, 0.3) is 22.3 Å². The van der Waals surface area contributed by atoms with Gasteiger partial charge in [0.05, 0.1) is 12.7 Å². The van der Waals surface area contributed by atoms with Gasteiger partial charge in [0.1, 0.15) is 59.6 Å². The Kier molecular flexibility index (Phi) is 15.1. The van der Waals surface area contributed by atoms with E-state index in [-0.39, 0.29) is 16.7 Å². The summed E-state index contributed by atoms with van der Waals surface area (Å²) >= 11 is 0. The van der Waals surface area contributed by atoms with Gasteiger partial charge in [-0.05, 0) is 83.4 Å². The number of ether oxygens (including phenoxy) is 4. The molecule has 12 atom stereocenters. The predicted molar refractivity (Wildman–Crippen MR) is 230 cm³/mol. The van der Waals surface area contributed by atoms with E-state index in [1.807, 2.05) is 32.1 Å². The molecule has 2 aliphatic heterocycles. The lowest BCUT2D eigenvalue weighted by molar-refractivity contribution is -0.318. The molecule has 0 radical (unpaired) electrons. The first kappa shape index (κ1) is 47.7. The lowest BCUT2D eigenvalue weighted by Gasteiger charge is -2.42. The maximum Gasteiger partial charge on any atom is 0.239 e. The molecule has 6 rings (SSSR count). The fraction of sp³-hybridized carbons (Fsp3) is 0.511. The first-order chi connectivity index (χ1) is 29.8. The molecular weight excluding hydrogens is 821 g/mol. The van der Waals surface area contributed by atoms with Gasteiger partial charge < -0.3 is 74.4 Å². The smallest absolute Gasteiger partial charge is 0.239 e. The molecule has 2 aromatic carbocycles. The van der Waals surface area contributed by atoms with Crippen LogP contribution in [-0.2, 0) is 14.2 Å². The molecule has 3 aliphatic rings. The van der Waals surface area contributed by atoms with E-state index in [1.54, 1.807) is 0 Å². The van der Waals surface area contributed by atoms with Crippen LogP contribution in [0.4, 0.5) is 0 Å². The predicted octanol–water partition coefficient (Wildman–Crippen LogP) is 4.64. The molecule has 0 amide bonds. The third-order valence-electron chi connectivity index (χ3n) is 12.1. The number of hydrogen-bond acceptors (Lipinski definition) is 16. The van der Waals surface area contributed by atoms with Crippen LogP contribution in [0.3, 0.4) is 0 Å². The van der Waals surface area contributed by atoms with Gasteiger partial charge in [0.2, 0.25) is 17.5 Å². The highest BCUT2D eigenvalue weighted by molar-refractivity contribution is 5.92. The average molecular weight is 881 g/mol. The summed E-state index contributed by atoms with van der Waals surface area (Å²) in [5.41, 5.74) is 1.93. The van der Waals surface area contributed by atoms with Crippen LogP contribution in [-0.4, -0.2) is 119 Å². The highest BCUT2D eigenvalue weighted by Gasteiger charge is 2.48. The molecule has 1 aliphatic carbocycles. The summed E-state index contributed by atoms with van der Waals surface area (Å²) in [6.07, 6.45) is -2.80. The van der Waals surface area contributed by atoms with Crippen LogP contribution < -0.4 is 10.2 Å². The molecule has 2 saturated heterocycles. The van der Waals surface area contributed by atoms with Gasteiger partial charge >= 0.3 is 0 Å². The number of aliphatic hydroxyl groups excluding tert-OH is 6. The van der Waals surface area contributed by atoms with E-state index in [1.165, 1.54) is 18.6 Å². The number of fused-ring (bicyclic) bond motifs is 1. The van der Waals surface area contributed by atoms with Crippen molar-refractivity contribution in [3.63, 3.8) is 0 Å². The Morgan fingerprint density at radius 3 is 2.16 bits per heavy atom. The first-order valence-electron chi connectivity index (χ1n) is 21.2. The molecule has 344 valence electrons. The van der Waals surface area contributed by atoms with Gasteiger partial charge in [-0.15, -0.1) is 0 Å². The number of rotatable bonds is 8. The van der Waals surface area contributed by atoms with E-state index in [2.05, 4.69) is 32.9 Å². The maximum atomic E-state index is 14.8. The summed E-state index contributed by atoms with van der Waals surface area (Å²) in [7, 11) is 0. The zero-order chi connectivity index (χ0) is 46.0. The van der Waals surface area contributed by atoms with Crippen molar-refractivity contribution in [1.29, 1.82) is 0 Å². The second-order valence-corrected chi connectivity index (χ2v) is 17.3. The van der Waals surface area contributed by atoms with E-state index in [4.69, 9.17) is 23.4 Å². The molecule has 16 heteroatoms. The Morgan fingerprint density at radius 2 is 1.46 bits per heavy atom. The number of hydrogen-bond donors (Lipinski definition) is 10. The van der Waals surface area contributed by atoms with Crippen LogP contribution in [0.15, 0.2) is 80.6 Å². The molecule has 16 nitrogen and oxygen atoms in total. The summed E-state index contributed by atoms with van der Waals surface area (Å²) in [5.74, 6) is -3.34. The molecule has 3 heterocycles. The molecule has 0 saturated carbocycles. The number of aliphatic hydroxyl groups is 6. The van der Waals surface area contributed by atoms with Crippen molar-refractivity contribution in [1.82, 2.24) is 0 Å². The minimum Gasteiger partial charge on any atom is -0.507 e. The van der Waals surface area contributed by atoms with Crippen molar-refractivity contribution in [2.75, 3.05) is 6.61 Å². The first-order valence-corrected chi connectivity index (χ1v) is 21.2. The van der Waals surface area contributed by atoms with E-state index in [0.29, 0.717) is 18.3 Å². The van der Waals surface area contributed by atoms with Crippen molar-refractivity contribution < 1.29 is 74.4 Å². The second kappa shape index (κ2) is 20.0. The fourth-order valence-corrected chi connectivity index (χ4v) is 8.14. The van der Waals surface area contributed by atoms with Gasteiger partial charge in [-0.1, -0.05) is 60.9 Å². The number of benzene rings is 2. The maximum absolute atomic E-state index is 14.8. The number of aromatic hydroxyl groups is 4. The summed E-state index contributed by atoms with van der Waals surface area (Å²) in [4.78, 5) is 14.8. The molecule has 0 spiro atoms. The standard InChI is InChI=1S/C47H60O16/c1-21(2)26-12-10-22(3)8-7-9-23(4)16-28(17-24(5)11-13-26)34-31(50)19-32(51)35-38(54)45(43(62-44(34)35)27-14-15-29(48)30(49)18-27)63-47-42(58)40(56)37(53)33(61-47)20-59-46-41(57)39(55)36(52)25(6)60-46/h8,11,13-19,21,25-26,28,33,36-37,39-42,46-53,55-58H,7,9-10,12,20H2,1-6H3/b13-11+,22-8+,23-16+,24-17+/t25-,26+,28?,33+,36-,37+,39+,40-,41+,42+,46+,47-/m0/s1. The third kappa shape index (κ3) is 10.5. The van der Waals surface area contributed by atoms with Crippen molar-refractivity contribution in [3.8, 4) is 40.1 Å². The van der Waals surface area contributed by atoms with E-state index >= 15 is 0 Å². The lowest BCUT2D eigenvalue weighted by atomic mass is 9.87. The summed E-state index contributed by atoms with van der Waals surface area (Å²) in [6.45, 7) is 11.2. The summed E-state index contributed by atoms with van der Waals surface area (Å²) < 4.78 is 29.4. The SMILES string of the molecule is CC1=C\C(c2c(O)cc(O)c3c(=O)c(O[C@@H]4O[C@H](CO[C@@H]5O[C@@H](C)[C@H](O)[C@@H](O)[C@H]5O)[C@@H](O)[C@H](O)[C@H]4O)c(-c4ccc(O)c(O)c4)oc23)/C=C(\C)CC/C=C(\C)CC[C@@H](C(C)C)\C=C\1. The summed E-state index contributed by atoms with van der Waals surface area (Å²) in [5, 5.41) is 107. The highest BCUT2D eigenvalue weighted by Crippen LogP contribution is 2.45. The van der Waals surface area contributed by atoms with Gasteiger partial charge in [0.25, 0.3) is 0 Å². The number of phenols is 4. The van der Waals surface area contributed by atoms with Crippen LogP contribution in [0.1, 0.15) is 78.7 Å². The van der Waals surface area contributed by atoms with Crippen molar-refractivity contribution in [2.45, 2.75) is 135 Å². The molecule has 0 bridgehead atoms. The molecule has 1 unspecified atom stereocenters. The quantitative estimate of drug-likeness (QED) is 0.109. The fourth-order valence-electron chi connectivity index (χ4n) is 8.14. The Morgan fingerprint density at radius 1 is 0.762 bits per heavy atom. The van der Waals surface area contributed by atoms with Crippen molar-refractivity contribution in [2.24, 2.45) is 11.8 Å². The topological polar surface area (TPSA) is 269 Å². The second-order valence-electron chi connectivity index (χ2n) is 17.3. The minimum atomic E-state index is -2.02. The lowest BCUT2D eigenvalue weighted by Crippen LogP contribution is -2.61. The summed E-state index contributed by atoms with van der Waals surface area (Å²) in [6, 6.07) is 4.51. The van der Waals surface area contributed by atoms with E-state index < -0.39 is 119 Å². The molecule has 3 aromatic rings. The zero-order valence-electron chi connectivity index (χ0n) is 36.2. The van der Waals surface area contributed by atoms with Gasteiger partial charge in [-0.2, -0.15) is 0 Å². The molecule has 1 aromatic heterocycles. The highest BCUT2D eigenvalue weighted by atomic mass is 16.7. The van der Waals surface area contributed by atoms with Crippen LogP contribution in [0.2, 0.25) is 0 Å². The molecule has 63 heavy (non-hydrogen) atoms. The van der Waals surface area contributed by atoms with Gasteiger partial charge in [0.15, 0.2) is 29.1 Å². The number of allylic oxidation sites excluding steroid dienone is 8. The van der Waals surface area contributed by atoms with Gasteiger partial charge in [0, 0.05) is 23.1 Å². The molecule has 10 N–H and O–H groups in total. The Bertz CT molecular complexity index is 2290. The molecule has 2 fully saturated rings. The van der Waals surface area contributed by atoms with E-state index in [0.717, 1.165) is 48.6 Å². The largest absolute Gasteiger partial charge is 0.507 e. The normalized spacial score (nSPS) is 34.3. The molecular formula is C47H60O16. The number of phenolic OH excluding ortho intramolecular Hbond substituents is 4. The zero-order valence-corrected chi connectivity index (χ0v) is 36.2. The Balaban J connectivity index is 1.47. The van der Waals surface area contributed by atoms with Gasteiger partial charge in [-0.25, -0.2) is 0 Å². The van der Waals surface area contributed by atoms with E-state index in [9.17, 15) is 55.9 Å².